The van der Waals surface area contributed by atoms with Crippen molar-refractivity contribution in [2.75, 3.05) is 20.8 Å². The van der Waals surface area contributed by atoms with Crippen LogP contribution in [0.1, 0.15) is 24.5 Å². The molecule has 0 amide bonds. The number of hydrogen-bond acceptors (Lipinski definition) is 3. The van der Waals surface area contributed by atoms with Crippen LogP contribution < -0.4 is 14.8 Å². The molecular formula is C14H21NO2. The largest absolute Gasteiger partial charge is 0.493 e. The molecule has 94 valence electrons. The van der Waals surface area contributed by atoms with Gasteiger partial charge in [0.2, 0.25) is 0 Å². The summed E-state index contributed by atoms with van der Waals surface area (Å²) < 4.78 is 10.7. The second-order valence-corrected chi connectivity index (χ2v) is 4.47. The minimum Gasteiger partial charge on any atom is -0.493 e. The van der Waals surface area contributed by atoms with Crippen LogP contribution in [0.15, 0.2) is 12.1 Å². The molecule has 0 bridgehead atoms. The van der Waals surface area contributed by atoms with Gasteiger partial charge in [-0.3, -0.25) is 0 Å². The van der Waals surface area contributed by atoms with Crippen molar-refractivity contribution in [2.45, 2.75) is 32.2 Å². The Bertz CT molecular complexity index is 390. The SMILES string of the molecule is CCN[C@@H]1CCc2cc(OC)c(OC)cc2C1. The standard InChI is InChI=1S/C14H21NO2/c1-4-15-12-6-5-10-8-13(16-2)14(17-3)9-11(10)7-12/h8-9,12,15H,4-7H2,1-3H3/t12-/m1/s1. The van der Waals surface area contributed by atoms with E-state index in [1.165, 1.54) is 17.5 Å². The first-order chi connectivity index (χ1) is 8.28. The smallest absolute Gasteiger partial charge is 0.161 e. The summed E-state index contributed by atoms with van der Waals surface area (Å²) in [6, 6.07) is 4.85. The quantitative estimate of drug-likeness (QED) is 0.867. The van der Waals surface area contributed by atoms with Gasteiger partial charge in [-0.1, -0.05) is 6.92 Å². The molecule has 2 rings (SSSR count). The third-order valence-corrected chi connectivity index (χ3v) is 3.43. The molecule has 0 heterocycles. The highest BCUT2D eigenvalue weighted by molar-refractivity contribution is 5.48. The summed E-state index contributed by atoms with van der Waals surface area (Å²) in [5.41, 5.74) is 2.79. The zero-order chi connectivity index (χ0) is 12.3. The summed E-state index contributed by atoms with van der Waals surface area (Å²) in [6.07, 6.45) is 3.41. The number of benzene rings is 1. The summed E-state index contributed by atoms with van der Waals surface area (Å²) >= 11 is 0. The van der Waals surface area contributed by atoms with Crippen molar-refractivity contribution in [2.24, 2.45) is 0 Å². The van der Waals surface area contributed by atoms with Gasteiger partial charge in [0, 0.05) is 6.04 Å². The molecule has 3 heteroatoms. The summed E-state index contributed by atoms with van der Waals surface area (Å²) in [6.45, 7) is 3.19. The molecule has 0 spiro atoms. The molecule has 1 aromatic rings. The van der Waals surface area contributed by atoms with Gasteiger partial charge in [0.25, 0.3) is 0 Å². The molecule has 1 atom stereocenters. The Morgan fingerprint density at radius 2 is 1.82 bits per heavy atom. The van der Waals surface area contributed by atoms with E-state index in [1.807, 2.05) is 0 Å². The summed E-state index contributed by atoms with van der Waals surface area (Å²) in [5.74, 6) is 1.68. The number of nitrogens with one attached hydrogen (secondary N) is 1. The van der Waals surface area contributed by atoms with Crippen LogP contribution >= 0.6 is 0 Å². The maximum Gasteiger partial charge on any atom is 0.161 e. The lowest BCUT2D eigenvalue weighted by Crippen LogP contribution is -2.34. The second kappa shape index (κ2) is 5.41. The van der Waals surface area contributed by atoms with Gasteiger partial charge in [0.1, 0.15) is 0 Å². The fraction of sp³-hybridized carbons (Fsp3) is 0.571. The van der Waals surface area contributed by atoms with Crippen molar-refractivity contribution in [3.8, 4) is 11.5 Å². The molecule has 17 heavy (non-hydrogen) atoms. The number of hydrogen-bond donors (Lipinski definition) is 1. The molecule has 1 aromatic carbocycles. The first-order valence-electron chi connectivity index (χ1n) is 6.25. The van der Waals surface area contributed by atoms with Crippen LogP contribution in [0.5, 0.6) is 11.5 Å². The third kappa shape index (κ3) is 2.55. The number of likely N-dealkylation sites (N-methyl/N-ethyl adjacent to an activating group) is 1. The monoisotopic (exact) mass is 235 g/mol. The van der Waals surface area contributed by atoms with E-state index < -0.39 is 0 Å². The Kier molecular flexibility index (Phi) is 3.89. The Labute approximate surface area is 103 Å². The fourth-order valence-corrected chi connectivity index (χ4v) is 2.55. The Hall–Kier alpha value is -1.22. The van der Waals surface area contributed by atoms with Crippen molar-refractivity contribution in [1.82, 2.24) is 5.32 Å². The van der Waals surface area contributed by atoms with Crippen LogP contribution in [0.3, 0.4) is 0 Å². The van der Waals surface area contributed by atoms with E-state index >= 15 is 0 Å². The molecule has 0 unspecified atom stereocenters. The average Bonchev–Trinajstić information content (AvgIpc) is 2.37. The highest BCUT2D eigenvalue weighted by atomic mass is 16.5. The van der Waals surface area contributed by atoms with Crippen molar-refractivity contribution in [1.29, 1.82) is 0 Å². The normalized spacial score (nSPS) is 18.6. The molecule has 1 N–H and O–H groups in total. The maximum absolute atomic E-state index is 5.35. The summed E-state index contributed by atoms with van der Waals surface area (Å²) in [5, 5.41) is 3.52. The Morgan fingerprint density at radius 1 is 1.18 bits per heavy atom. The molecule has 1 aliphatic rings. The Morgan fingerprint density at radius 3 is 2.41 bits per heavy atom. The van der Waals surface area contributed by atoms with Crippen molar-refractivity contribution in [3.63, 3.8) is 0 Å². The van der Waals surface area contributed by atoms with Gasteiger partial charge in [-0.2, -0.15) is 0 Å². The van der Waals surface area contributed by atoms with Crippen LogP contribution in [-0.4, -0.2) is 26.8 Å². The van der Waals surface area contributed by atoms with Crippen LogP contribution in [0, 0.1) is 0 Å². The molecule has 0 aromatic heterocycles. The van der Waals surface area contributed by atoms with E-state index in [1.54, 1.807) is 14.2 Å². The lowest BCUT2D eigenvalue weighted by atomic mass is 9.88. The van der Waals surface area contributed by atoms with Crippen molar-refractivity contribution < 1.29 is 9.47 Å². The summed E-state index contributed by atoms with van der Waals surface area (Å²) in [7, 11) is 3.38. The van der Waals surface area contributed by atoms with E-state index in [0.29, 0.717) is 6.04 Å². The molecule has 1 aliphatic carbocycles. The first-order valence-corrected chi connectivity index (χ1v) is 6.25. The third-order valence-electron chi connectivity index (χ3n) is 3.43. The lowest BCUT2D eigenvalue weighted by molar-refractivity contribution is 0.352. The zero-order valence-corrected chi connectivity index (χ0v) is 10.9. The van der Waals surface area contributed by atoms with Gasteiger partial charge in [-0.25, -0.2) is 0 Å². The fourth-order valence-electron chi connectivity index (χ4n) is 2.55. The predicted molar refractivity (Wildman–Crippen MR) is 69.0 cm³/mol. The van der Waals surface area contributed by atoms with Gasteiger partial charge in [-0.15, -0.1) is 0 Å². The van der Waals surface area contributed by atoms with Crippen molar-refractivity contribution >= 4 is 0 Å². The molecular weight excluding hydrogens is 214 g/mol. The van der Waals surface area contributed by atoms with Gasteiger partial charge in [-0.05, 0) is 49.1 Å². The van der Waals surface area contributed by atoms with Crippen LogP contribution in [0.25, 0.3) is 0 Å². The molecule has 0 radical (unpaired) electrons. The van der Waals surface area contributed by atoms with Gasteiger partial charge < -0.3 is 14.8 Å². The lowest BCUT2D eigenvalue weighted by Gasteiger charge is -2.26. The van der Waals surface area contributed by atoms with Crippen molar-refractivity contribution in [3.05, 3.63) is 23.3 Å². The molecule has 0 saturated carbocycles. The maximum atomic E-state index is 5.35. The van der Waals surface area contributed by atoms with Gasteiger partial charge >= 0.3 is 0 Å². The minimum absolute atomic E-state index is 0.602. The topological polar surface area (TPSA) is 30.5 Å². The van der Waals surface area contributed by atoms with E-state index in [2.05, 4.69) is 24.4 Å². The predicted octanol–water partition coefficient (Wildman–Crippen LogP) is 2.17. The highest BCUT2D eigenvalue weighted by Gasteiger charge is 2.20. The molecule has 0 aliphatic heterocycles. The van der Waals surface area contributed by atoms with E-state index in [0.717, 1.165) is 30.9 Å². The second-order valence-electron chi connectivity index (χ2n) is 4.47. The highest BCUT2D eigenvalue weighted by Crippen LogP contribution is 2.34. The van der Waals surface area contributed by atoms with E-state index in [4.69, 9.17) is 9.47 Å². The Balaban J connectivity index is 2.25. The van der Waals surface area contributed by atoms with Crippen LogP contribution in [-0.2, 0) is 12.8 Å². The number of ether oxygens (including phenoxy) is 2. The number of aryl methyl sites for hydroxylation is 1. The molecule has 0 fully saturated rings. The number of methoxy groups -OCH3 is 2. The van der Waals surface area contributed by atoms with Gasteiger partial charge in [0.15, 0.2) is 11.5 Å². The zero-order valence-electron chi connectivity index (χ0n) is 10.9. The number of rotatable bonds is 4. The van der Waals surface area contributed by atoms with Crippen LogP contribution in [0.2, 0.25) is 0 Å². The minimum atomic E-state index is 0.602. The van der Waals surface area contributed by atoms with E-state index in [9.17, 15) is 0 Å². The molecule has 3 nitrogen and oxygen atoms in total. The first kappa shape index (κ1) is 12.2. The molecule has 0 saturated heterocycles. The number of fused-ring (bicyclic) bond motifs is 1. The average molecular weight is 235 g/mol. The van der Waals surface area contributed by atoms with Gasteiger partial charge in [0.05, 0.1) is 14.2 Å². The van der Waals surface area contributed by atoms with Crippen LogP contribution in [0.4, 0.5) is 0 Å². The van der Waals surface area contributed by atoms with E-state index in [-0.39, 0.29) is 0 Å². The summed E-state index contributed by atoms with van der Waals surface area (Å²) in [4.78, 5) is 0.